The van der Waals surface area contributed by atoms with Gasteiger partial charge in [0.15, 0.2) is 11.5 Å². The molecule has 1 heterocycles. The van der Waals surface area contributed by atoms with E-state index < -0.39 is 11.5 Å². The van der Waals surface area contributed by atoms with E-state index in [0.29, 0.717) is 23.7 Å². The molecule has 0 aliphatic carbocycles. The van der Waals surface area contributed by atoms with Crippen molar-refractivity contribution in [2.75, 3.05) is 14.2 Å². The number of hydrogen-bond donors (Lipinski definition) is 1. The molecule has 22 heavy (non-hydrogen) atoms. The molecule has 0 unspecified atom stereocenters. The van der Waals surface area contributed by atoms with Gasteiger partial charge in [-0.1, -0.05) is 0 Å². The maximum atomic E-state index is 12.2. The lowest BCUT2D eigenvalue weighted by Crippen LogP contribution is -2.26. The van der Waals surface area contributed by atoms with Crippen molar-refractivity contribution in [3.63, 3.8) is 0 Å². The highest BCUT2D eigenvalue weighted by molar-refractivity contribution is 5.87. The maximum Gasteiger partial charge on any atom is 0.341 e. The number of aromatic nitrogens is 1. The van der Waals surface area contributed by atoms with Crippen molar-refractivity contribution in [1.29, 1.82) is 0 Å². The third-order valence-electron chi connectivity index (χ3n) is 3.40. The predicted molar refractivity (Wildman–Crippen MR) is 81.9 cm³/mol. The van der Waals surface area contributed by atoms with E-state index in [-0.39, 0.29) is 5.56 Å². The van der Waals surface area contributed by atoms with E-state index in [1.807, 2.05) is 0 Å². The van der Waals surface area contributed by atoms with E-state index in [4.69, 9.17) is 14.6 Å². The van der Waals surface area contributed by atoms with Gasteiger partial charge in [0.25, 0.3) is 5.56 Å². The number of benzene rings is 1. The Morgan fingerprint density at radius 3 is 2.36 bits per heavy atom. The van der Waals surface area contributed by atoms with Crippen LogP contribution < -0.4 is 15.0 Å². The second-order valence-electron chi connectivity index (χ2n) is 4.56. The van der Waals surface area contributed by atoms with Crippen molar-refractivity contribution < 1.29 is 19.4 Å². The van der Waals surface area contributed by atoms with E-state index in [0.717, 1.165) is 5.56 Å². The fraction of sp³-hybridized carbons (Fsp3) is 0.250. The number of hydrogen-bond acceptors (Lipinski definition) is 4. The molecule has 0 radical (unpaired) electrons. The number of carbonyl (C=O) groups is 1. The summed E-state index contributed by atoms with van der Waals surface area (Å²) < 4.78 is 11.9. The van der Waals surface area contributed by atoms with E-state index in [9.17, 15) is 9.59 Å². The maximum absolute atomic E-state index is 12.2. The van der Waals surface area contributed by atoms with Crippen molar-refractivity contribution in [2.24, 2.45) is 0 Å². The first-order valence-corrected chi connectivity index (χ1v) is 6.73. The van der Waals surface area contributed by atoms with Crippen LogP contribution in [0.1, 0.15) is 17.3 Å². The minimum Gasteiger partial charge on any atom is -0.493 e. The molecule has 0 spiro atoms. The number of nitrogens with zero attached hydrogens (tertiary/aromatic N) is 1. The van der Waals surface area contributed by atoms with Crippen molar-refractivity contribution in [3.8, 4) is 22.8 Å². The van der Waals surface area contributed by atoms with E-state index in [1.165, 1.54) is 17.7 Å². The summed E-state index contributed by atoms with van der Waals surface area (Å²) in [5, 5.41) is 9.05. The third kappa shape index (κ3) is 2.67. The zero-order valence-corrected chi connectivity index (χ0v) is 12.6. The van der Waals surface area contributed by atoms with Crippen LogP contribution in [0.15, 0.2) is 35.1 Å². The van der Waals surface area contributed by atoms with E-state index in [1.54, 1.807) is 38.3 Å². The molecule has 6 heteroatoms. The molecule has 1 aromatic heterocycles. The smallest absolute Gasteiger partial charge is 0.341 e. The van der Waals surface area contributed by atoms with Crippen LogP contribution in [0.2, 0.25) is 0 Å². The lowest BCUT2D eigenvalue weighted by Gasteiger charge is -2.14. The van der Waals surface area contributed by atoms with Crippen LogP contribution in [-0.2, 0) is 6.54 Å². The highest BCUT2D eigenvalue weighted by Crippen LogP contribution is 2.31. The fourth-order valence-corrected chi connectivity index (χ4v) is 2.30. The molecule has 0 amide bonds. The normalized spacial score (nSPS) is 10.3. The number of rotatable bonds is 5. The minimum absolute atomic E-state index is 0.244. The van der Waals surface area contributed by atoms with Crippen LogP contribution in [0.25, 0.3) is 11.3 Å². The Morgan fingerprint density at radius 2 is 1.82 bits per heavy atom. The molecule has 116 valence electrons. The van der Waals surface area contributed by atoms with E-state index in [2.05, 4.69) is 0 Å². The first-order chi connectivity index (χ1) is 10.5. The number of carboxylic acid groups (broad SMARTS) is 1. The van der Waals surface area contributed by atoms with Crippen molar-refractivity contribution in [3.05, 3.63) is 46.2 Å². The molecule has 1 N–H and O–H groups in total. The van der Waals surface area contributed by atoms with Gasteiger partial charge in [-0.3, -0.25) is 4.79 Å². The van der Waals surface area contributed by atoms with Crippen LogP contribution in [0, 0.1) is 0 Å². The Morgan fingerprint density at radius 1 is 1.14 bits per heavy atom. The number of aromatic carboxylic acids is 1. The number of ether oxygens (including phenoxy) is 2. The largest absolute Gasteiger partial charge is 0.493 e. The first kappa shape index (κ1) is 15.6. The Labute approximate surface area is 127 Å². The van der Waals surface area contributed by atoms with Gasteiger partial charge in [0, 0.05) is 12.1 Å². The second-order valence-corrected chi connectivity index (χ2v) is 4.56. The zero-order chi connectivity index (χ0) is 16.3. The van der Waals surface area contributed by atoms with Crippen LogP contribution in [0.3, 0.4) is 0 Å². The molecule has 0 bridgehead atoms. The SMILES string of the molecule is CCn1c(-c2ccc(OC)c(OC)c2)ccc(C(=O)O)c1=O. The van der Waals surface area contributed by atoms with Gasteiger partial charge in [0.1, 0.15) is 5.56 Å². The Kier molecular flexibility index (Phi) is 4.50. The lowest BCUT2D eigenvalue weighted by molar-refractivity contribution is 0.0694. The molecule has 0 aliphatic heterocycles. The number of carboxylic acids is 1. The minimum atomic E-state index is -1.23. The van der Waals surface area contributed by atoms with Gasteiger partial charge in [0.2, 0.25) is 0 Å². The van der Waals surface area contributed by atoms with Crippen LogP contribution in [0.4, 0.5) is 0 Å². The van der Waals surface area contributed by atoms with Crippen LogP contribution >= 0.6 is 0 Å². The molecule has 0 saturated heterocycles. The summed E-state index contributed by atoms with van der Waals surface area (Å²) in [7, 11) is 3.07. The summed E-state index contributed by atoms with van der Waals surface area (Å²) >= 11 is 0. The lowest BCUT2D eigenvalue weighted by atomic mass is 10.1. The molecule has 0 aliphatic rings. The van der Waals surface area contributed by atoms with Crippen molar-refractivity contribution in [2.45, 2.75) is 13.5 Å². The molecular formula is C16H17NO5. The fourth-order valence-electron chi connectivity index (χ4n) is 2.30. The quantitative estimate of drug-likeness (QED) is 0.916. The number of methoxy groups -OCH3 is 2. The third-order valence-corrected chi connectivity index (χ3v) is 3.40. The molecule has 2 rings (SSSR count). The summed E-state index contributed by atoms with van der Waals surface area (Å²) in [6.07, 6.45) is 0. The summed E-state index contributed by atoms with van der Waals surface area (Å²) in [6.45, 7) is 2.15. The topological polar surface area (TPSA) is 77.8 Å². The Hall–Kier alpha value is -2.76. The van der Waals surface area contributed by atoms with E-state index >= 15 is 0 Å². The van der Waals surface area contributed by atoms with Crippen LogP contribution in [-0.4, -0.2) is 29.9 Å². The highest BCUT2D eigenvalue weighted by Gasteiger charge is 2.15. The molecule has 0 atom stereocenters. The van der Waals surface area contributed by atoms with Gasteiger partial charge in [-0.05, 0) is 37.3 Å². The van der Waals surface area contributed by atoms with Gasteiger partial charge in [-0.2, -0.15) is 0 Å². The zero-order valence-electron chi connectivity index (χ0n) is 12.6. The molecule has 6 nitrogen and oxygen atoms in total. The Balaban J connectivity index is 2.65. The summed E-state index contributed by atoms with van der Waals surface area (Å²) in [5.74, 6) is -0.109. The molecule has 2 aromatic rings. The molecule has 0 saturated carbocycles. The van der Waals surface area contributed by atoms with Crippen LogP contribution in [0.5, 0.6) is 11.5 Å². The molecule has 0 fully saturated rings. The van der Waals surface area contributed by atoms with Gasteiger partial charge < -0.3 is 19.1 Å². The number of pyridine rings is 1. The standard InChI is InChI=1S/C16H17NO5/c1-4-17-12(7-6-11(15(17)18)16(19)20)10-5-8-13(21-2)14(9-10)22-3/h5-9H,4H2,1-3H3,(H,19,20). The molecule has 1 aromatic carbocycles. The van der Waals surface area contributed by atoms with Gasteiger partial charge in [-0.15, -0.1) is 0 Å². The first-order valence-electron chi connectivity index (χ1n) is 6.73. The summed E-state index contributed by atoms with van der Waals surface area (Å²) in [4.78, 5) is 23.3. The van der Waals surface area contributed by atoms with Crippen molar-refractivity contribution in [1.82, 2.24) is 4.57 Å². The monoisotopic (exact) mass is 303 g/mol. The highest BCUT2D eigenvalue weighted by atomic mass is 16.5. The summed E-state index contributed by atoms with van der Waals surface area (Å²) in [6, 6.07) is 8.23. The predicted octanol–water partition coefficient (Wildman–Crippen LogP) is 2.25. The van der Waals surface area contributed by atoms with Gasteiger partial charge in [0.05, 0.1) is 19.9 Å². The average Bonchev–Trinajstić information content (AvgIpc) is 2.53. The Bertz CT molecular complexity index is 764. The van der Waals surface area contributed by atoms with Crippen molar-refractivity contribution >= 4 is 5.97 Å². The van der Waals surface area contributed by atoms with Gasteiger partial charge >= 0.3 is 5.97 Å². The summed E-state index contributed by atoms with van der Waals surface area (Å²) in [5.41, 5.74) is 0.598. The molecular weight excluding hydrogens is 286 g/mol. The average molecular weight is 303 g/mol. The van der Waals surface area contributed by atoms with Gasteiger partial charge in [-0.25, -0.2) is 4.79 Å². The second kappa shape index (κ2) is 6.34.